The minimum absolute atomic E-state index is 0.167. The molecule has 3 heterocycles. The van der Waals surface area contributed by atoms with Crippen LogP contribution in [-0.4, -0.2) is 22.2 Å². The highest BCUT2D eigenvalue weighted by Crippen LogP contribution is 2.22. The number of hydrogen-bond donors (Lipinski definition) is 1. The Morgan fingerprint density at radius 2 is 2.32 bits per heavy atom. The van der Waals surface area contributed by atoms with Gasteiger partial charge < -0.3 is 14.4 Å². The van der Waals surface area contributed by atoms with Gasteiger partial charge in [0.25, 0.3) is 0 Å². The zero-order chi connectivity index (χ0) is 13.4. The fourth-order valence-electron chi connectivity index (χ4n) is 2.23. The lowest BCUT2D eigenvalue weighted by molar-refractivity contribution is 0.0650. The third-order valence-electron chi connectivity index (χ3n) is 3.15. The Morgan fingerprint density at radius 1 is 1.47 bits per heavy atom. The van der Waals surface area contributed by atoms with Crippen LogP contribution in [0.25, 0.3) is 11.1 Å². The number of aromatic nitrogens is 1. The van der Waals surface area contributed by atoms with E-state index in [0.29, 0.717) is 24.4 Å². The van der Waals surface area contributed by atoms with Gasteiger partial charge >= 0.3 is 5.97 Å². The van der Waals surface area contributed by atoms with Crippen LogP contribution in [0.15, 0.2) is 27.8 Å². The number of ether oxygens (including phenoxy) is 1. The topological polar surface area (TPSA) is 68.5 Å². The van der Waals surface area contributed by atoms with E-state index < -0.39 is 11.4 Å². The smallest absolute Gasteiger partial charge is 0.341 e. The molecule has 6 heteroatoms. The lowest BCUT2D eigenvalue weighted by atomic mass is 10.0. The van der Waals surface area contributed by atoms with E-state index in [-0.39, 0.29) is 12.2 Å². The average Bonchev–Trinajstić information content (AvgIpc) is 2.91. The molecule has 2 aromatic heterocycles. The van der Waals surface area contributed by atoms with Gasteiger partial charge in [-0.05, 0) is 22.4 Å². The van der Waals surface area contributed by atoms with Gasteiger partial charge in [0.15, 0.2) is 0 Å². The Balaban J connectivity index is 2.31. The maximum absolute atomic E-state index is 12.3. The van der Waals surface area contributed by atoms with Gasteiger partial charge in [0.2, 0.25) is 5.43 Å². The van der Waals surface area contributed by atoms with Crippen molar-refractivity contribution < 1.29 is 14.6 Å². The third-order valence-corrected chi connectivity index (χ3v) is 3.84. The van der Waals surface area contributed by atoms with Gasteiger partial charge in [-0.15, -0.1) is 0 Å². The van der Waals surface area contributed by atoms with E-state index in [9.17, 15) is 14.7 Å². The fraction of sp³-hybridized carbons (Fsp3) is 0.231. The molecule has 0 radical (unpaired) electrons. The van der Waals surface area contributed by atoms with Crippen molar-refractivity contribution in [3.8, 4) is 11.1 Å². The van der Waals surface area contributed by atoms with Crippen LogP contribution < -0.4 is 5.43 Å². The zero-order valence-electron chi connectivity index (χ0n) is 9.96. The second-order valence-electron chi connectivity index (χ2n) is 4.26. The molecule has 0 amide bonds. The first kappa shape index (κ1) is 12.1. The molecule has 0 aliphatic carbocycles. The summed E-state index contributed by atoms with van der Waals surface area (Å²) in [6.45, 7) is 1.26. The van der Waals surface area contributed by atoms with Crippen molar-refractivity contribution in [3.63, 3.8) is 0 Å². The number of nitrogens with zero attached hydrogens (tertiary/aromatic N) is 1. The summed E-state index contributed by atoms with van der Waals surface area (Å²) in [4.78, 5) is 23.7. The molecule has 1 aliphatic heterocycles. The molecule has 1 aliphatic rings. The van der Waals surface area contributed by atoms with Gasteiger partial charge in [-0.2, -0.15) is 11.3 Å². The highest BCUT2D eigenvalue weighted by Gasteiger charge is 2.23. The number of thiophene rings is 1. The SMILES string of the molecule is O=C(O)c1c2n(cc(-c3ccsc3)c1=O)CCOC2. The van der Waals surface area contributed by atoms with E-state index in [2.05, 4.69) is 0 Å². The minimum Gasteiger partial charge on any atom is -0.477 e. The molecule has 0 fully saturated rings. The Labute approximate surface area is 112 Å². The quantitative estimate of drug-likeness (QED) is 0.909. The molecule has 5 nitrogen and oxygen atoms in total. The second-order valence-corrected chi connectivity index (χ2v) is 5.04. The Kier molecular flexibility index (Phi) is 2.96. The van der Waals surface area contributed by atoms with E-state index in [0.717, 1.165) is 5.56 Å². The Hall–Kier alpha value is -1.92. The lowest BCUT2D eigenvalue weighted by Gasteiger charge is -2.22. The second kappa shape index (κ2) is 4.64. The molecule has 1 N–H and O–H groups in total. The molecule has 2 aromatic rings. The summed E-state index contributed by atoms with van der Waals surface area (Å²) >= 11 is 1.47. The summed E-state index contributed by atoms with van der Waals surface area (Å²) in [6.07, 6.45) is 1.73. The first-order valence-corrected chi connectivity index (χ1v) is 6.72. The normalized spacial score (nSPS) is 14.1. The van der Waals surface area contributed by atoms with Gasteiger partial charge in [-0.1, -0.05) is 0 Å². The molecular weight excluding hydrogens is 266 g/mol. The van der Waals surface area contributed by atoms with Crippen LogP contribution in [0.5, 0.6) is 0 Å². The van der Waals surface area contributed by atoms with Crippen molar-refractivity contribution >= 4 is 17.3 Å². The summed E-state index contributed by atoms with van der Waals surface area (Å²) in [7, 11) is 0. The number of aromatic carboxylic acids is 1. The lowest BCUT2D eigenvalue weighted by Crippen LogP contribution is -2.29. The van der Waals surface area contributed by atoms with Crippen LogP contribution in [0.4, 0.5) is 0 Å². The van der Waals surface area contributed by atoms with Gasteiger partial charge in [0.05, 0.1) is 18.9 Å². The highest BCUT2D eigenvalue weighted by atomic mass is 32.1. The standard InChI is InChI=1S/C13H11NO4S/c15-12-9(8-1-4-19-7-8)5-14-2-3-18-6-10(14)11(12)13(16)17/h1,4-5,7H,2-3,6H2,(H,16,17). The van der Waals surface area contributed by atoms with Crippen molar-refractivity contribution in [2.75, 3.05) is 6.61 Å². The van der Waals surface area contributed by atoms with Gasteiger partial charge in [-0.3, -0.25) is 4.79 Å². The van der Waals surface area contributed by atoms with Crippen LogP contribution in [0.3, 0.4) is 0 Å². The van der Waals surface area contributed by atoms with E-state index in [4.69, 9.17) is 4.74 Å². The average molecular weight is 277 g/mol. The van der Waals surface area contributed by atoms with Crippen LogP contribution in [0, 0.1) is 0 Å². The monoisotopic (exact) mass is 277 g/mol. The van der Waals surface area contributed by atoms with E-state index in [1.807, 2.05) is 16.8 Å². The molecule has 3 rings (SSSR count). The molecule has 98 valence electrons. The Bertz CT molecular complexity index is 687. The van der Waals surface area contributed by atoms with Crippen LogP contribution in [0.2, 0.25) is 0 Å². The largest absolute Gasteiger partial charge is 0.477 e. The van der Waals surface area contributed by atoms with Crippen molar-refractivity contribution in [1.29, 1.82) is 0 Å². The number of rotatable bonds is 2. The molecule has 0 aromatic carbocycles. The van der Waals surface area contributed by atoms with Gasteiger partial charge in [0, 0.05) is 18.3 Å². The number of pyridine rings is 1. The van der Waals surface area contributed by atoms with Crippen molar-refractivity contribution in [2.24, 2.45) is 0 Å². The number of fused-ring (bicyclic) bond motifs is 1. The van der Waals surface area contributed by atoms with Crippen LogP contribution in [-0.2, 0) is 17.9 Å². The molecule has 0 unspecified atom stereocenters. The van der Waals surface area contributed by atoms with E-state index >= 15 is 0 Å². The number of hydrogen-bond acceptors (Lipinski definition) is 4. The van der Waals surface area contributed by atoms with E-state index in [1.165, 1.54) is 11.3 Å². The zero-order valence-corrected chi connectivity index (χ0v) is 10.8. The van der Waals surface area contributed by atoms with Crippen LogP contribution >= 0.6 is 11.3 Å². The number of carboxylic acids is 1. The van der Waals surface area contributed by atoms with Crippen molar-refractivity contribution in [1.82, 2.24) is 4.57 Å². The number of carbonyl (C=O) groups is 1. The molecule has 0 saturated carbocycles. The molecule has 0 atom stereocenters. The van der Waals surface area contributed by atoms with Gasteiger partial charge in [-0.25, -0.2) is 4.79 Å². The highest BCUT2D eigenvalue weighted by molar-refractivity contribution is 7.08. The third kappa shape index (κ3) is 1.98. The summed E-state index contributed by atoms with van der Waals surface area (Å²) in [6, 6.07) is 1.82. The molecule has 0 bridgehead atoms. The first-order chi connectivity index (χ1) is 9.18. The summed E-state index contributed by atoms with van der Waals surface area (Å²) in [5, 5.41) is 13.0. The minimum atomic E-state index is -1.20. The maximum atomic E-state index is 12.3. The summed E-state index contributed by atoms with van der Waals surface area (Å²) in [5.74, 6) is -1.20. The molecule has 0 spiro atoms. The summed E-state index contributed by atoms with van der Waals surface area (Å²) in [5.41, 5.74) is 1.03. The first-order valence-electron chi connectivity index (χ1n) is 5.78. The van der Waals surface area contributed by atoms with Crippen molar-refractivity contribution in [3.05, 3.63) is 44.5 Å². The molecule has 19 heavy (non-hydrogen) atoms. The molecular formula is C13H11NO4S. The summed E-state index contributed by atoms with van der Waals surface area (Å²) < 4.78 is 7.06. The van der Waals surface area contributed by atoms with Crippen LogP contribution in [0.1, 0.15) is 16.1 Å². The maximum Gasteiger partial charge on any atom is 0.341 e. The number of carboxylic acid groups (broad SMARTS) is 1. The fourth-order valence-corrected chi connectivity index (χ4v) is 2.89. The predicted octanol–water partition coefficient (Wildman–Crippen LogP) is 1.81. The Morgan fingerprint density at radius 3 is 3.00 bits per heavy atom. The van der Waals surface area contributed by atoms with E-state index in [1.54, 1.807) is 10.8 Å². The van der Waals surface area contributed by atoms with Gasteiger partial charge in [0.1, 0.15) is 5.56 Å². The predicted molar refractivity (Wildman–Crippen MR) is 70.6 cm³/mol. The molecule has 0 saturated heterocycles. The van der Waals surface area contributed by atoms with Crippen molar-refractivity contribution in [2.45, 2.75) is 13.2 Å².